The van der Waals surface area contributed by atoms with Gasteiger partial charge in [0.05, 0.1) is 32.0 Å². The number of nitrogens with zero attached hydrogens (tertiary/aromatic N) is 4. The summed E-state index contributed by atoms with van der Waals surface area (Å²) in [5.41, 5.74) is 1.18. The average molecular weight is 365 g/mol. The third-order valence-corrected chi connectivity index (χ3v) is 4.49. The molecule has 1 aromatic heterocycles. The van der Waals surface area contributed by atoms with E-state index in [2.05, 4.69) is 54.5 Å². The number of rotatable bonds is 9. The minimum absolute atomic E-state index is 0.318. The predicted octanol–water partition coefficient (Wildman–Crippen LogP) is 1.64. The zero-order valence-electron chi connectivity index (χ0n) is 16.9. The summed E-state index contributed by atoms with van der Waals surface area (Å²) >= 11 is 0. The van der Waals surface area contributed by atoms with E-state index >= 15 is 0 Å². The lowest BCUT2D eigenvalue weighted by Gasteiger charge is -2.33. The summed E-state index contributed by atoms with van der Waals surface area (Å²) < 4.78 is 7.60. The van der Waals surface area contributed by atoms with Crippen LogP contribution in [0.1, 0.15) is 39.2 Å². The van der Waals surface area contributed by atoms with Crippen LogP contribution in [0.3, 0.4) is 0 Å². The number of likely N-dealkylation sites (tertiary alicyclic amines) is 1. The molecule has 7 heteroatoms. The minimum Gasteiger partial charge on any atom is -0.377 e. The van der Waals surface area contributed by atoms with Gasteiger partial charge in [-0.3, -0.25) is 9.67 Å². The number of aryl methyl sites for hydroxylation is 1. The molecule has 1 aliphatic heterocycles. The molecule has 0 amide bonds. The molecule has 7 nitrogen and oxygen atoms in total. The highest BCUT2D eigenvalue weighted by Gasteiger charge is 2.19. The maximum atomic E-state index is 5.66. The SMILES string of the molecule is CCNC(=NCCn1cc(C)cn1)NC1CCN(CCOC(C)C)CC1. The number of guanidine groups is 1. The molecule has 1 aliphatic rings. The van der Waals surface area contributed by atoms with E-state index in [9.17, 15) is 0 Å². The molecule has 0 unspecified atom stereocenters. The first-order valence-corrected chi connectivity index (χ1v) is 9.94. The molecule has 0 bridgehead atoms. The molecule has 2 heterocycles. The van der Waals surface area contributed by atoms with Crippen LogP contribution in [-0.4, -0.2) is 72.1 Å². The molecular weight excluding hydrogens is 328 g/mol. The first kappa shape index (κ1) is 20.7. The largest absolute Gasteiger partial charge is 0.377 e. The van der Waals surface area contributed by atoms with Gasteiger partial charge in [-0.1, -0.05) is 0 Å². The van der Waals surface area contributed by atoms with Gasteiger partial charge in [0.2, 0.25) is 0 Å². The third-order valence-electron chi connectivity index (χ3n) is 4.49. The van der Waals surface area contributed by atoms with Crippen LogP contribution in [-0.2, 0) is 11.3 Å². The Kier molecular flexibility index (Phi) is 8.91. The van der Waals surface area contributed by atoms with E-state index in [-0.39, 0.29) is 0 Å². The van der Waals surface area contributed by atoms with Crippen LogP contribution < -0.4 is 10.6 Å². The second-order valence-corrected chi connectivity index (χ2v) is 7.22. The van der Waals surface area contributed by atoms with Crippen molar-refractivity contribution in [1.29, 1.82) is 0 Å². The maximum Gasteiger partial charge on any atom is 0.191 e. The smallest absolute Gasteiger partial charge is 0.191 e. The van der Waals surface area contributed by atoms with Gasteiger partial charge >= 0.3 is 0 Å². The van der Waals surface area contributed by atoms with Gasteiger partial charge in [0.25, 0.3) is 0 Å². The molecule has 26 heavy (non-hydrogen) atoms. The summed E-state index contributed by atoms with van der Waals surface area (Å²) in [5, 5.41) is 11.3. The number of hydrogen-bond acceptors (Lipinski definition) is 4. The Labute approximate surface area is 158 Å². The monoisotopic (exact) mass is 364 g/mol. The van der Waals surface area contributed by atoms with Crippen molar-refractivity contribution in [1.82, 2.24) is 25.3 Å². The van der Waals surface area contributed by atoms with E-state index in [4.69, 9.17) is 9.73 Å². The summed E-state index contributed by atoms with van der Waals surface area (Å²) in [6, 6.07) is 0.488. The molecule has 0 spiro atoms. The highest BCUT2D eigenvalue weighted by molar-refractivity contribution is 5.80. The lowest BCUT2D eigenvalue weighted by Crippen LogP contribution is -2.49. The zero-order chi connectivity index (χ0) is 18.8. The van der Waals surface area contributed by atoms with Gasteiger partial charge in [0.15, 0.2) is 5.96 Å². The van der Waals surface area contributed by atoms with Gasteiger partial charge in [-0.25, -0.2) is 0 Å². The third kappa shape index (κ3) is 7.74. The van der Waals surface area contributed by atoms with Crippen molar-refractivity contribution >= 4 is 5.96 Å². The highest BCUT2D eigenvalue weighted by Crippen LogP contribution is 2.10. The Morgan fingerprint density at radius 1 is 1.35 bits per heavy atom. The van der Waals surface area contributed by atoms with Crippen LogP contribution in [0.25, 0.3) is 0 Å². The Morgan fingerprint density at radius 3 is 2.73 bits per heavy atom. The van der Waals surface area contributed by atoms with Crippen LogP contribution >= 0.6 is 0 Å². The summed E-state index contributed by atoms with van der Waals surface area (Å²) in [6.07, 6.45) is 6.54. The number of aromatic nitrogens is 2. The molecule has 1 fully saturated rings. The fraction of sp³-hybridized carbons (Fsp3) is 0.789. The van der Waals surface area contributed by atoms with Crippen molar-refractivity contribution in [3.8, 4) is 0 Å². The lowest BCUT2D eigenvalue weighted by molar-refractivity contribution is 0.0532. The van der Waals surface area contributed by atoms with Gasteiger partial charge in [0.1, 0.15) is 0 Å². The van der Waals surface area contributed by atoms with E-state index in [0.29, 0.717) is 12.1 Å². The van der Waals surface area contributed by atoms with Gasteiger partial charge < -0.3 is 20.3 Å². The molecule has 2 rings (SSSR count). The van der Waals surface area contributed by atoms with Crippen LogP contribution in [0, 0.1) is 6.92 Å². The predicted molar refractivity (Wildman–Crippen MR) is 107 cm³/mol. The maximum absolute atomic E-state index is 5.66. The van der Waals surface area contributed by atoms with Crippen molar-refractivity contribution < 1.29 is 4.74 Å². The van der Waals surface area contributed by atoms with Crippen molar-refractivity contribution in [2.24, 2.45) is 4.99 Å². The highest BCUT2D eigenvalue weighted by atomic mass is 16.5. The van der Waals surface area contributed by atoms with Crippen molar-refractivity contribution in [3.05, 3.63) is 18.0 Å². The van der Waals surface area contributed by atoms with E-state index in [1.807, 2.05) is 10.9 Å². The summed E-state index contributed by atoms with van der Waals surface area (Å²) in [6.45, 7) is 14.8. The Balaban J connectivity index is 1.71. The molecule has 1 saturated heterocycles. The van der Waals surface area contributed by atoms with E-state index in [0.717, 1.165) is 64.7 Å². The van der Waals surface area contributed by atoms with E-state index in [1.54, 1.807) is 0 Å². The molecule has 0 radical (unpaired) electrons. The summed E-state index contributed by atoms with van der Waals surface area (Å²) in [4.78, 5) is 7.19. The second kappa shape index (κ2) is 11.2. The van der Waals surface area contributed by atoms with Crippen LogP contribution in [0.2, 0.25) is 0 Å². The van der Waals surface area contributed by atoms with Crippen LogP contribution in [0.5, 0.6) is 0 Å². The van der Waals surface area contributed by atoms with Crippen LogP contribution in [0.4, 0.5) is 0 Å². The van der Waals surface area contributed by atoms with Gasteiger partial charge in [0, 0.05) is 38.4 Å². The number of aliphatic imine (C=N–C) groups is 1. The van der Waals surface area contributed by atoms with Gasteiger partial charge in [-0.15, -0.1) is 0 Å². The van der Waals surface area contributed by atoms with Crippen molar-refractivity contribution in [2.75, 3.05) is 39.3 Å². The second-order valence-electron chi connectivity index (χ2n) is 7.22. The number of piperidine rings is 1. The van der Waals surface area contributed by atoms with E-state index in [1.165, 1.54) is 5.56 Å². The zero-order valence-corrected chi connectivity index (χ0v) is 16.9. The molecule has 1 aromatic rings. The topological polar surface area (TPSA) is 66.7 Å². The number of ether oxygens (including phenoxy) is 1. The molecule has 0 saturated carbocycles. The fourth-order valence-electron chi connectivity index (χ4n) is 3.09. The van der Waals surface area contributed by atoms with Gasteiger partial charge in [-0.05, 0) is 46.1 Å². The number of hydrogen-bond donors (Lipinski definition) is 2. The molecule has 2 N–H and O–H groups in total. The first-order valence-electron chi connectivity index (χ1n) is 9.94. The Morgan fingerprint density at radius 2 is 2.12 bits per heavy atom. The normalized spacial score (nSPS) is 17.0. The average Bonchev–Trinajstić information content (AvgIpc) is 3.01. The Hall–Kier alpha value is -1.60. The fourth-order valence-corrected chi connectivity index (χ4v) is 3.09. The standard InChI is InChI=1S/C19H36N6O/c1-5-20-19(21-8-11-25-15-17(4)14-22-25)23-18-6-9-24(10-7-18)12-13-26-16(2)3/h14-16,18H,5-13H2,1-4H3,(H2,20,21,23). The van der Waals surface area contributed by atoms with Gasteiger partial charge in [-0.2, -0.15) is 5.10 Å². The first-order chi connectivity index (χ1) is 12.6. The van der Waals surface area contributed by atoms with Crippen molar-refractivity contribution in [3.63, 3.8) is 0 Å². The summed E-state index contributed by atoms with van der Waals surface area (Å²) in [5.74, 6) is 0.915. The van der Waals surface area contributed by atoms with E-state index < -0.39 is 0 Å². The molecular formula is C19H36N6O. The molecule has 0 atom stereocenters. The number of nitrogens with one attached hydrogen (secondary N) is 2. The molecule has 0 aromatic carbocycles. The van der Waals surface area contributed by atoms with Crippen molar-refractivity contribution in [2.45, 2.75) is 59.2 Å². The summed E-state index contributed by atoms with van der Waals surface area (Å²) in [7, 11) is 0. The molecule has 148 valence electrons. The lowest BCUT2D eigenvalue weighted by atomic mass is 10.1. The molecule has 0 aliphatic carbocycles. The Bertz CT molecular complexity index is 534. The quantitative estimate of drug-likeness (QED) is 0.515. The minimum atomic E-state index is 0.318. The van der Waals surface area contributed by atoms with Crippen LogP contribution in [0.15, 0.2) is 17.4 Å².